The van der Waals surface area contributed by atoms with Crippen LogP contribution in [0.25, 0.3) is 0 Å². The van der Waals surface area contributed by atoms with Gasteiger partial charge in [0.05, 0.1) is 0 Å². The number of piperidine rings is 1. The van der Waals surface area contributed by atoms with Crippen molar-refractivity contribution in [3.63, 3.8) is 0 Å². The molecule has 0 aliphatic carbocycles. The second-order valence-corrected chi connectivity index (χ2v) is 6.77. The van der Waals surface area contributed by atoms with E-state index in [0.717, 1.165) is 30.8 Å². The van der Waals surface area contributed by atoms with Crippen molar-refractivity contribution < 1.29 is 9.59 Å². The van der Waals surface area contributed by atoms with E-state index in [1.165, 1.54) is 19.8 Å². The number of benzene rings is 1. The number of anilines is 1. The van der Waals surface area contributed by atoms with Crippen molar-refractivity contribution in [1.82, 2.24) is 10.6 Å². The van der Waals surface area contributed by atoms with Gasteiger partial charge >= 0.3 is 0 Å². The Balaban J connectivity index is 0.00000312. The predicted octanol–water partition coefficient (Wildman–Crippen LogP) is 2.75. The van der Waals surface area contributed by atoms with Crippen molar-refractivity contribution in [2.24, 2.45) is 11.8 Å². The Hall–Kier alpha value is -1.59. The summed E-state index contributed by atoms with van der Waals surface area (Å²) < 4.78 is 0. The molecule has 140 valence electrons. The van der Waals surface area contributed by atoms with Crippen molar-refractivity contribution in [1.29, 1.82) is 0 Å². The number of rotatable bonds is 7. The molecule has 2 amide bonds. The van der Waals surface area contributed by atoms with Crippen molar-refractivity contribution in [2.75, 3.05) is 25.0 Å². The number of amides is 2. The molecule has 2 unspecified atom stereocenters. The van der Waals surface area contributed by atoms with Crippen LogP contribution in [0.4, 0.5) is 5.69 Å². The minimum atomic E-state index is -0.0719. The lowest BCUT2D eigenvalue weighted by Gasteiger charge is -2.28. The van der Waals surface area contributed by atoms with E-state index in [1.54, 1.807) is 0 Å². The molecule has 2 rings (SSSR count). The van der Waals surface area contributed by atoms with E-state index in [-0.39, 0.29) is 24.2 Å². The lowest BCUT2D eigenvalue weighted by atomic mass is 9.85. The summed E-state index contributed by atoms with van der Waals surface area (Å²) in [5, 5.41) is 9.18. The quantitative estimate of drug-likeness (QED) is 0.694. The van der Waals surface area contributed by atoms with Gasteiger partial charge in [-0.3, -0.25) is 9.59 Å². The van der Waals surface area contributed by atoms with E-state index in [4.69, 9.17) is 0 Å². The van der Waals surface area contributed by atoms with Gasteiger partial charge in [0, 0.05) is 25.6 Å². The molecular weight excluding hydrogens is 338 g/mol. The molecule has 1 aliphatic rings. The molecule has 6 heteroatoms. The minimum absolute atomic E-state index is 0. The van der Waals surface area contributed by atoms with Gasteiger partial charge in [0.15, 0.2) is 0 Å². The smallest absolute Gasteiger partial charge is 0.221 e. The highest BCUT2D eigenvalue weighted by Gasteiger charge is 2.21. The van der Waals surface area contributed by atoms with Crippen LogP contribution in [0, 0.1) is 11.8 Å². The molecular formula is C19H30ClN3O2. The summed E-state index contributed by atoms with van der Waals surface area (Å²) in [7, 11) is 0. The molecule has 5 nitrogen and oxygen atoms in total. The standard InChI is InChI=1S/C19H29N3O2.ClH/c1-14(17-4-3-10-20-13-17)12-19(24)21-11-9-16-5-7-18(8-6-16)22-15(2)23;/h5-8,14,17,20H,3-4,9-13H2,1-2H3,(H,21,24)(H,22,23);1H. The van der Waals surface area contributed by atoms with Crippen LogP contribution in [-0.4, -0.2) is 31.4 Å². The third-order valence-electron chi connectivity index (χ3n) is 4.66. The molecule has 1 fully saturated rings. The zero-order valence-corrected chi connectivity index (χ0v) is 16.0. The molecule has 1 aromatic carbocycles. The van der Waals surface area contributed by atoms with E-state index < -0.39 is 0 Å². The van der Waals surface area contributed by atoms with Crippen molar-refractivity contribution in [3.8, 4) is 0 Å². The Morgan fingerprint density at radius 3 is 2.60 bits per heavy atom. The molecule has 1 heterocycles. The number of hydrogen-bond acceptors (Lipinski definition) is 3. The fourth-order valence-electron chi connectivity index (χ4n) is 3.20. The number of hydrogen-bond donors (Lipinski definition) is 3. The first-order chi connectivity index (χ1) is 11.5. The average molecular weight is 368 g/mol. The minimum Gasteiger partial charge on any atom is -0.356 e. The van der Waals surface area contributed by atoms with E-state index in [0.29, 0.717) is 24.8 Å². The van der Waals surface area contributed by atoms with Crippen molar-refractivity contribution in [3.05, 3.63) is 29.8 Å². The summed E-state index contributed by atoms with van der Waals surface area (Å²) >= 11 is 0. The monoisotopic (exact) mass is 367 g/mol. The molecule has 2 atom stereocenters. The maximum atomic E-state index is 12.1. The summed E-state index contributed by atoms with van der Waals surface area (Å²) in [6.07, 6.45) is 3.84. The molecule has 1 saturated heterocycles. The maximum Gasteiger partial charge on any atom is 0.221 e. The summed E-state index contributed by atoms with van der Waals surface area (Å²) in [5.74, 6) is 1.11. The zero-order valence-electron chi connectivity index (χ0n) is 15.1. The van der Waals surface area contributed by atoms with Crippen LogP contribution < -0.4 is 16.0 Å². The summed E-state index contributed by atoms with van der Waals surface area (Å²) in [4.78, 5) is 23.1. The molecule has 0 bridgehead atoms. The van der Waals surface area contributed by atoms with Gasteiger partial charge in [-0.2, -0.15) is 0 Å². The predicted molar refractivity (Wildman–Crippen MR) is 104 cm³/mol. The number of halogens is 1. The van der Waals surface area contributed by atoms with Gasteiger partial charge in [-0.25, -0.2) is 0 Å². The fourth-order valence-corrected chi connectivity index (χ4v) is 3.20. The van der Waals surface area contributed by atoms with Gasteiger partial charge < -0.3 is 16.0 Å². The first kappa shape index (κ1) is 21.5. The summed E-state index contributed by atoms with van der Waals surface area (Å²) in [5.41, 5.74) is 1.94. The van der Waals surface area contributed by atoms with E-state index in [1.807, 2.05) is 24.3 Å². The van der Waals surface area contributed by atoms with Crippen molar-refractivity contribution >= 4 is 29.9 Å². The van der Waals surface area contributed by atoms with Crippen molar-refractivity contribution in [2.45, 2.75) is 39.5 Å². The lowest BCUT2D eigenvalue weighted by molar-refractivity contribution is -0.122. The highest BCUT2D eigenvalue weighted by molar-refractivity contribution is 5.88. The van der Waals surface area contributed by atoms with Gasteiger partial charge in [-0.05, 0) is 61.9 Å². The topological polar surface area (TPSA) is 70.2 Å². The third kappa shape index (κ3) is 7.88. The zero-order chi connectivity index (χ0) is 17.4. The van der Waals surface area contributed by atoms with Crippen LogP contribution in [-0.2, 0) is 16.0 Å². The molecule has 1 aromatic rings. The second kappa shape index (κ2) is 11.1. The molecule has 0 spiro atoms. The Labute approximate surface area is 156 Å². The highest BCUT2D eigenvalue weighted by Crippen LogP contribution is 2.22. The first-order valence-electron chi connectivity index (χ1n) is 8.88. The highest BCUT2D eigenvalue weighted by atomic mass is 35.5. The van der Waals surface area contributed by atoms with Gasteiger partial charge in [0.25, 0.3) is 0 Å². The van der Waals surface area contributed by atoms with Crippen LogP contribution >= 0.6 is 12.4 Å². The Kier molecular flexibility index (Phi) is 9.53. The van der Waals surface area contributed by atoms with E-state index in [2.05, 4.69) is 22.9 Å². The maximum absolute atomic E-state index is 12.1. The molecule has 25 heavy (non-hydrogen) atoms. The van der Waals surface area contributed by atoms with Gasteiger partial charge in [-0.15, -0.1) is 12.4 Å². The Morgan fingerprint density at radius 1 is 1.28 bits per heavy atom. The van der Waals surface area contributed by atoms with Gasteiger partial charge in [-0.1, -0.05) is 19.1 Å². The van der Waals surface area contributed by atoms with E-state index in [9.17, 15) is 9.59 Å². The third-order valence-corrected chi connectivity index (χ3v) is 4.66. The summed E-state index contributed by atoms with van der Waals surface area (Å²) in [6, 6.07) is 7.73. The molecule has 0 saturated carbocycles. The molecule has 0 radical (unpaired) electrons. The fraction of sp³-hybridized carbons (Fsp3) is 0.579. The number of carbonyl (C=O) groups is 2. The first-order valence-corrected chi connectivity index (χ1v) is 8.88. The number of nitrogens with one attached hydrogen (secondary N) is 3. The van der Waals surface area contributed by atoms with Gasteiger partial charge in [0.1, 0.15) is 0 Å². The van der Waals surface area contributed by atoms with Crippen LogP contribution in [0.2, 0.25) is 0 Å². The van der Waals surface area contributed by atoms with Gasteiger partial charge in [0.2, 0.25) is 11.8 Å². The molecule has 1 aliphatic heterocycles. The Bertz CT molecular complexity index is 542. The van der Waals surface area contributed by atoms with Crippen LogP contribution in [0.1, 0.15) is 38.7 Å². The lowest BCUT2D eigenvalue weighted by Crippen LogP contribution is -2.36. The molecule has 0 aromatic heterocycles. The molecule has 3 N–H and O–H groups in total. The normalized spacial score (nSPS) is 17.9. The van der Waals surface area contributed by atoms with Crippen LogP contribution in [0.3, 0.4) is 0 Å². The van der Waals surface area contributed by atoms with E-state index >= 15 is 0 Å². The largest absolute Gasteiger partial charge is 0.356 e. The Morgan fingerprint density at radius 2 is 2.00 bits per heavy atom. The second-order valence-electron chi connectivity index (χ2n) is 6.77. The SMILES string of the molecule is CC(=O)Nc1ccc(CCNC(=O)CC(C)C2CCCNC2)cc1.Cl. The number of carbonyl (C=O) groups excluding carboxylic acids is 2. The average Bonchev–Trinajstić information content (AvgIpc) is 2.57. The van der Waals surface area contributed by atoms with Crippen LogP contribution in [0.5, 0.6) is 0 Å². The van der Waals surface area contributed by atoms with Crippen LogP contribution in [0.15, 0.2) is 24.3 Å². The summed E-state index contributed by atoms with van der Waals surface area (Å²) in [6.45, 7) is 6.46.